The topological polar surface area (TPSA) is 116 Å². The van der Waals surface area contributed by atoms with Crippen LogP contribution in [0.5, 0.6) is 5.75 Å². The zero-order valence-electron chi connectivity index (χ0n) is 18.6. The maximum Gasteiger partial charge on any atom is 0.227 e. The molecule has 2 aliphatic heterocycles. The summed E-state index contributed by atoms with van der Waals surface area (Å²) in [4.78, 5) is 16.3. The van der Waals surface area contributed by atoms with Gasteiger partial charge in [0.25, 0.3) is 0 Å². The van der Waals surface area contributed by atoms with Crippen LogP contribution in [0, 0.1) is 6.92 Å². The molecule has 11 heteroatoms. The summed E-state index contributed by atoms with van der Waals surface area (Å²) in [6.07, 6.45) is 2.93. The fourth-order valence-corrected chi connectivity index (χ4v) is 4.40. The summed E-state index contributed by atoms with van der Waals surface area (Å²) in [6.45, 7) is 4.53. The van der Waals surface area contributed by atoms with Crippen LogP contribution in [0.2, 0.25) is 0 Å². The molecule has 11 nitrogen and oxygen atoms in total. The lowest BCUT2D eigenvalue weighted by atomic mass is 9.86. The van der Waals surface area contributed by atoms with Gasteiger partial charge >= 0.3 is 0 Å². The Bertz CT molecular complexity index is 1360. The average molecular weight is 445 g/mol. The van der Waals surface area contributed by atoms with Gasteiger partial charge in [-0.2, -0.15) is 0 Å². The highest BCUT2D eigenvalue weighted by Crippen LogP contribution is 2.40. The van der Waals surface area contributed by atoms with E-state index in [0.717, 1.165) is 59.8 Å². The normalized spacial score (nSPS) is 16.5. The molecule has 1 spiro atoms. The molecule has 0 aliphatic carbocycles. The minimum absolute atomic E-state index is 0.0131. The van der Waals surface area contributed by atoms with Gasteiger partial charge in [0.15, 0.2) is 11.6 Å². The molecule has 33 heavy (non-hydrogen) atoms. The van der Waals surface area contributed by atoms with Gasteiger partial charge in [-0.25, -0.2) is 19.6 Å². The summed E-state index contributed by atoms with van der Waals surface area (Å²) in [6, 6.07) is 7.70. The molecule has 0 unspecified atom stereocenters. The molecule has 5 heterocycles. The predicted octanol–water partition coefficient (Wildman–Crippen LogP) is 2.26. The van der Waals surface area contributed by atoms with Gasteiger partial charge in [-0.1, -0.05) is 0 Å². The number of nitrogens with one attached hydrogen (secondary N) is 1. The van der Waals surface area contributed by atoms with Crippen LogP contribution >= 0.6 is 0 Å². The Kier molecular flexibility index (Phi) is 4.40. The highest BCUT2D eigenvalue weighted by Gasteiger charge is 2.50. The van der Waals surface area contributed by atoms with E-state index in [4.69, 9.17) is 19.4 Å². The first-order chi connectivity index (χ1) is 16.0. The van der Waals surface area contributed by atoms with E-state index in [0.29, 0.717) is 17.5 Å². The number of aryl methyl sites for hydroxylation is 2. The maximum atomic E-state index is 5.78. The lowest BCUT2D eigenvalue weighted by Gasteiger charge is -2.55. The smallest absolute Gasteiger partial charge is 0.227 e. The second-order valence-corrected chi connectivity index (χ2v) is 8.52. The number of pyridine rings is 1. The van der Waals surface area contributed by atoms with E-state index in [9.17, 15) is 0 Å². The van der Waals surface area contributed by atoms with Crippen molar-refractivity contribution in [1.82, 2.24) is 35.2 Å². The van der Waals surface area contributed by atoms with Crippen LogP contribution in [0.3, 0.4) is 0 Å². The molecule has 0 saturated carbocycles. The van der Waals surface area contributed by atoms with Crippen molar-refractivity contribution >= 4 is 28.4 Å². The molecule has 0 bridgehead atoms. The second kappa shape index (κ2) is 7.34. The lowest BCUT2D eigenvalue weighted by molar-refractivity contribution is -0.161. The zero-order chi connectivity index (χ0) is 22.6. The van der Waals surface area contributed by atoms with Gasteiger partial charge in [0, 0.05) is 36.3 Å². The second-order valence-electron chi connectivity index (χ2n) is 8.52. The van der Waals surface area contributed by atoms with Crippen LogP contribution in [0.1, 0.15) is 12.1 Å². The molecule has 1 aromatic carbocycles. The Morgan fingerprint density at radius 3 is 2.73 bits per heavy atom. The third-order valence-corrected chi connectivity index (χ3v) is 6.23. The summed E-state index contributed by atoms with van der Waals surface area (Å²) in [5, 5.41) is 15.9. The Morgan fingerprint density at radius 2 is 2.03 bits per heavy atom. The van der Waals surface area contributed by atoms with E-state index >= 15 is 0 Å². The number of ether oxygens (including phenoxy) is 2. The van der Waals surface area contributed by atoms with Crippen molar-refractivity contribution in [3.8, 4) is 17.1 Å². The number of nitrogens with zero attached hydrogens (tertiary/aromatic N) is 8. The van der Waals surface area contributed by atoms with Gasteiger partial charge < -0.3 is 19.7 Å². The molecule has 168 valence electrons. The number of fused-ring (bicyclic) bond motifs is 1. The van der Waals surface area contributed by atoms with Gasteiger partial charge in [-0.05, 0) is 41.6 Å². The molecule has 4 aromatic rings. The molecular formula is C22H23N9O2. The van der Waals surface area contributed by atoms with Crippen LogP contribution in [-0.2, 0) is 11.8 Å². The maximum absolute atomic E-state index is 5.78. The minimum atomic E-state index is 0.0131. The van der Waals surface area contributed by atoms with Crippen molar-refractivity contribution in [2.24, 2.45) is 7.05 Å². The molecule has 0 radical (unpaired) electrons. The Labute approximate surface area is 189 Å². The van der Waals surface area contributed by atoms with Gasteiger partial charge in [0.05, 0.1) is 32.5 Å². The van der Waals surface area contributed by atoms with Gasteiger partial charge in [0.1, 0.15) is 16.9 Å². The predicted molar refractivity (Wildman–Crippen MR) is 122 cm³/mol. The number of hydrogen-bond acceptors (Lipinski definition) is 10. The SMILES string of the molecule is COc1cc(-c2nnnn2C)ccc1Nc1ncc2cc(C)nc(N3CC4(CCO4)C3)c2n1. The fraction of sp³-hybridized carbons (Fsp3) is 0.364. The van der Waals surface area contributed by atoms with Gasteiger partial charge in [-0.15, -0.1) is 5.10 Å². The quantitative estimate of drug-likeness (QED) is 0.490. The van der Waals surface area contributed by atoms with E-state index in [1.165, 1.54) is 0 Å². The first-order valence-corrected chi connectivity index (χ1v) is 10.7. The minimum Gasteiger partial charge on any atom is -0.495 e. The van der Waals surface area contributed by atoms with Crippen molar-refractivity contribution in [3.05, 3.63) is 36.2 Å². The standard InChI is InChI=1S/C22H23N9O2/c1-13-8-15-10-23-21(26-18(15)20(24-13)31-11-22(12-31)6-7-33-22)25-16-5-4-14(9-17(16)32-3)19-27-28-29-30(19)2/h4-5,8-10H,6-7,11-12H2,1-3H3,(H,23,25,26). The van der Waals surface area contributed by atoms with Crippen molar-refractivity contribution in [2.75, 3.05) is 37.0 Å². The number of hydrogen-bond donors (Lipinski definition) is 1. The molecule has 3 aromatic heterocycles. The Hall–Kier alpha value is -3.86. The van der Waals surface area contributed by atoms with Crippen molar-refractivity contribution in [1.29, 1.82) is 0 Å². The number of aromatic nitrogens is 7. The largest absolute Gasteiger partial charge is 0.495 e. The molecule has 6 rings (SSSR count). The summed E-state index contributed by atoms with van der Waals surface area (Å²) in [5.74, 6) is 2.62. The molecule has 0 amide bonds. The molecule has 2 saturated heterocycles. The average Bonchev–Trinajstić information content (AvgIpc) is 3.18. The fourth-order valence-electron chi connectivity index (χ4n) is 4.40. The van der Waals surface area contributed by atoms with E-state index in [1.54, 1.807) is 18.8 Å². The number of tetrazole rings is 1. The number of methoxy groups -OCH3 is 1. The molecule has 2 fully saturated rings. The van der Waals surface area contributed by atoms with E-state index in [1.807, 2.05) is 37.4 Å². The van der Waals surface area contributed by atoms with E-state index in [2.05, 4.69) is 30.7 Å². The highest BCUT2D eigenvalue weighted by molar-refractivity contribution is 5.90. The highest BCUT2D eigenvalue weighted by atomic mass is 16.5. The van der Waals surface area contributed by atoms with Crippen molar-refractivity contribution in [3.63, 3.8) is 0 Å². The third-order valence-electron chi connectivity index (χ3n) is 6.23. The molecule has 0 atom stereocenters. The van der Waals surface area contributed by atoms with Crippen molar-refractivity contribution in [2.45, 2.75) is 18.9 Å². The Balaban J connectivity index is 1.32. The van der Waals surface area contributed by atoms with Crippen LogP contribution in [0.15, 0.2) is 30.5 Å². The summed E-state index contributed by atoms with van der Waals surface area (Å²) >= 11 is 0. The van der Waals surface area contributed by atoms with Crippen molar-refractivity contribution < 1.29 is 9.47 Å². The summed E-state index contributed by atoms with van der Waals surface area (Å²) in [5.41, 5.74) is 3.35. The van der Waals surface area contributed by atoms with E-state index < -0.39 is 0 Å². The van der Waals surface area contributed by atoms with Crippen LogP contribution in [0.25, 0.3) is 22.3 Å². The number of benzene rings is 1. The zero-order valence-corrected chi connectivity index (χ0v) is 18.6. The molecular weight excluding hydrogens is 422 g/mol. The summed E-state index contributed by atoms with van der Waals surface area (Å²) in [7, 11) is 3.41. The van der Waals surface area contributed by atoms with Crippen LogP contribution in [-0.4, -0.2) is 67.6 Å². The third kappa shape index (κ3) is 3.32. The van der Waals surface area contributed by atoms with E-state index in [-0.39, 0.29) is 5.60 Å². The first-order valence-electron chi connectivity index (χ1n) is 10.7. The molecule has 1 N–H and O–H groups in total. The first kappa shape index (κ1) is 19.8. The number of anilines is 3. The van der Waals surface area contributed by atoms with Gasteiger partial charge in [0.2, 0.25) is 5.95 Å². The Morgan fingerprint density at radius 1 is 1.18 bits per heavy atom. The summed E-state index contributed by atoms with van der Waals surface area (Å²) < 4.78 is 13.0. The van der Waals surface area contributed by atoms with Crippen LogP contribution < -0.4 is 15.0 Å². The molecule has 2 aliphatic rings. The monoisotopic (exact) mass is 445 g/mol. The van der Waals surface area contributed by atoms with Gasteiger partial charge in [-0.3, -0.25) is 0 Å². The van der Waals surface area contributed by atoms with Crippen LogP contribution in [0.4, 0.5) is 17.5 Å². The lowest BCUT2D eigenvalue weighted by Crippen LogP contribution is -2.68. The number of rotatable bonds is 5.